The molecule has 1 heterocycles. The van der Waals surface area contributed by atoms with E-state index in [1.807, 2.05) is 0 Å². The molecule has 1 aromatic heterocycles. The van der Waals surface area contributed by atoms with Crippen molar-refractivity contribution in [3.8, 4) is 5.75 Å². The van der Waals surface area contributed by atoms with Crippen LogP contribution in [0.25, 0.3) is 0 Å². The van der Waals surface area contributed by atoms with Gasteiger partial charge in [-0.1, -0.05) is 35.5 Å². The number of carbonyl (C=O) groups excluding carboxylic acids is 1. The van der Waals surface area contributed by atoms with E-state index in [4.69, 9.17) is 9.94 Å². The minimum atomic E-state index is -0.535. The lowest BCUT2D eigenvalue weighted by atomic mass is 10.2. The van der Waals surface area contributed by atoms with Crippen molar-refractivity contribution < 1.29 is 19.1 Å². The van der Waals surface area contributed by atoms with Crippen molar-refractivity contribution in [2.45, 2.75) is 13.2 Å². The Morgan fingerprint density at radius 1 is 1.07 bits per heavy atom. The van der Waals surface area contributed by atoms with Crippen LogP contribution in [0.15, 0.2) is 78.1 Å². The summed E-state index contributed by atoms with van der Waals surface area (Å²) in [5.41, 5.74) is 1.70. The van der Waals surface area contributed by atoms with Gasteiger partial charge in [-0.3, -0.25) is 9.78 Å². The first kappa shape index (κ1) is 19.0. The largest absolute Gasteiger partial charge is 0.489 e. The first-order valence-corrected chi connectivity index (χ1v) is 8.53. The van der Waals surface area contributed by atoms with Crippen LogP contribution >= 0.6 is 0 Å². The second-order valence-electron chi connectivity index (χ2n) is 5.91. The monoisotopic (exact) mass is 379 g/mol. The normalized spacial score (nSPS) is 11.1. The fourth-order valence-corrected chi connectivity index (χ4v) is 2.48. The van der Waals surface area contributed by atoms with E-state index in [1.54, 1.807) is 54.6 Å². The predicted molar refractivity (Wildman–Crippen MR) is 102 cm³/mol. The Bertz CT molecular complexity index is 960. The minimum absolute atomic E-state index is 0.157. The number of ether oxygens (including phenoxy) is 1. The van der Waals surface area contributed by atoms with Crippen LogP contribution in [-0.4, -0.2) is 21.8 Å². The van der Waals surface area contributed by atoms with E-state index in [0.29, 0.717) is 5.75 Å². The molecular formula is C21H18FN3O3. The number of rotatable bonds is 7. The molecule has 0 saturated carbocycles. The molecule has 6 nitrogen and oxygen atoms in total. The molecule has 0 radical (unpaired) electrons. The maximum Gasteiger partial charge on any atom is 0.275 e. The van der Waals surface area contributed by atoms with Crippen LogP contribution in [-0.2, 0) is 17.9 Å². The van der Waals surface area contributed by atoms with E-state index < -0.39 is 5.91 Å². The average Bonchev–Trinajstić information content (AvgIpc) is 2.73. The lowest BCUT2D eigenvalue weighted by molar-refractivity contribution is -0.115. The van der Waals surface area contributed by atoms with Gasteiger partial charge in [0.25, 0.3) is 5.91 Å². The lowest BCUT2D eigenvalue weighted by Crippen LogP contribution is -2.31. The Morgan fingerprint density at radius 2 is 1.89 bits per heavy atom. The van der Waals surface area contributed by atoms with Gasteiger partial charge in [0.1, 0.15) is 18.2 Å². The number of nitrogens with one attached hydrogen (secondary N) is 1. The molecule has 142 valence electrons. The molecule has 0 unspecified atom stereocenters. The summed E-state index contributed by atoms with van der Waals surface area (Å²) >= 11 is 0. The molecule has 0 atom stereocenters. The zero-order valence-corrected chi connectivity index (χ0v) is 14.9. The number of halogens is 1. The summed E-state index contributed by atoms with van der Waals surface area (Å²) in [4.78, 5) is 16.2. The van der Waals surface area contributed by atoms with Crippen LogP contribution in [0.5, 0.6) is 5.75 Å². The Kier molecular flexibility index (Phi) is 6.30. The van der Waals surface area contributed by atoms with Gasteiger partial charge in [-0.05, 0) is 47.5 Å². The summed E-state index contributed by atoms with van der Waals surface area (Å²) in [6, 6.07) is 18.3. The molecule has 3 aromatic rings. The molecule has 0 bridgehead atoms. The number of benzene rings is 2. The number of oxime groups is 1. The third-order valence-electron chi connectivity index (χ3n) is 3.89. The quantitative estimate of drug-likeness (QED) is 0.375. The molecule has 2 aromatic carbocycles. The summed E-state index contributed by atoms with van der Waals surface area (Å²) in [7, 11) is 0. The fraction of sp³-hybridized carbons (Fsp3) is 0.0952. The predicted octanol–water partition coefficient (Wildman–Crippen LogP) is 3.29. The Morgan fingerprint density at radius 3 is 2.57 bits per heavy atom. The maximum atomic E-state index is 13.2. The summed E-state index contributed by atoms with van der Waals surface area (Å²) in [5.74, 6) is -0.207. The Balaban J connectivity index is 1.53. The van der Waals surface area contributed by atoms with Crippen molar-refractivity contribution in [1.82, 2.24) is 10.3 Å². The van der Waals surface area contributed by atoms with Crippen molar-refractivity contribution in [2.75, 3.05) is 0 Å². The Hall–Kier alpha value is -3.74. The fourth-order valence-electron chi connectivity index (χ4n) is 2.48. The van der Waals surface area contributed by atoms with Crippen molar-refractivity contribution in [3.05, 3.63) is 95.6 Å². The highest BCUT2D eigenvalue weighted by Gasteiger charge is 2.15. The van der Waals surface area contributed by atoms with Gasteiger partial charge in [0, 0.05) is 12.7 Å². The van der Waals surface area contributed by atoms with Crippen LogP contribution in [0.1, 0.15) is 16.8 Å². The lowest BCUT2D eigenvalue weighted by Gasteiger charge is -2.09. The van der Waals surface area contributed by atoms with Crippen LogP contribution in [0.3, 0.4) is 0 Å². The van der Waals surface area contributed by atoms with E-state index in [2.05, 4.69) is 15.5 Å². The number of aromatic nitrogens is 1. The third kappa shape index (κ3) is 5.14. The Labute approximate surface area is 161 Å². The van der Waals surface area contributed by atoms with Gasteiger partial charge in [-0.25, -0.2) is 4.39 Å². The van der Waals surface area contributed by atoms with Crippen molar-refractivity contribution in [3.63, 3.8) is 0 Å². The average molecular weight is 379 g/mol. The van der Waals surface area contributed by atoms with Gasteiger partial charge in [-0.15, -0.1) is 0 Å². The van der Waals surface area contributed by atoms with E-state index in [1.165, 1.54) is 18.3 Å². The van der Waals surface area contributed by atoms with Crippen molar-refractivity contribution >= 4 is 11.6 Å². The number of amides is 1. The highest BCUT2D eigenvalue weighted by atomic mass is 19.1. The molecule has 3 rings (SSSR count). The minimum Gasteiger partial charge on any atom is -0.489 e. The van der Waals surface area contributed by atoms with Crippen LogP contribution < -0.4 is 10.1 Å². The highest BCUT2D eigenvalue weighted by molar-refractivity contribution is 6.44. The van der Waals surface area contributed by atoms with Crippen molar-refractivity contribution in [2.24, 2.45) is 5.16 Å². The summed E-state index contributed by atoms with van der Waals surface area (Å²) in [5, 5.41) is 14.8. The first-order valence-electron chi connectivity index (χ1n) is 8.53. The standard InChI is InChI=1S/C21H18FN3O3/c22-17-5-3-4-16(12-17)14-28-18-9-7-15(8-10-18)13-24-21(26)20(25-27)19-6-1-2-11-23-19/h1-12,27H,13-14H2,(H,24,26). The molecular weight excluding hydrogens is 361 g/mol. The van der Waals surface area contributed by atoms with Gasteiger partial charge in [0.2, 0.25) is 0 Å². The van der Waals surface area contributed by atoms with Crippen LogP contribution in [0.4, 0.5) is 4.39 Å². The number of nitrogens with zero attached hydrogens (tertiary/aromatic N) is 2. The SMILES string of the molecule is O=C(NCc1ccc(OCc2cccc(F)c2)cc1)C(=NO)c1ccccn1. The van der Waals surface area contributed by atoms with E-state index in [-0.39, 0.29) is 30.4 Å². The van der Waals surface area contributed by atoms with Crippen LogP contribution in [0.2, 0.25) is 0 Å². The zero-order valence-electron chi connectivity index (χ0n) is 14.9. The van der Waals surface area contributed by atoms with Gasteiger partial charge >= 0.3 is 0 Å². The molecule has 0 saturated heterocycles. The maximum absolute atomic E-state index is 13.2. The smallest absolute Gasteiger partial charge is 0.275 e. The number of hydrogen-bond donors (Lipinski definition) is 2. The van der Waals surface area contributed by atoms with Gasteiger partial charge in [0.15, 0.2) is 5.71 Å². The molecule has 0 spiro atoms. The van der Waals surface area contributed by atoms with E-state index in [0.717, 1.165) is 11.1 Å². The molecule has 0 aliphatic carbocycles. The zero-order chi connectivity index (χ0) is 19.8. The molecule has 0 fully saturated rings. The summed E-state index contributed by atoms with van der Waals surface area (Å²) in [6.45, 7) is 0.503. The molecule has 0 aliphatic rings. The van der Waals surface area contributed by atoms with Gasteiger partial charge in [0.05, 0.1) is 5.69 Å². The van der Waals surface area contributed by atoms with E-state index >= 15 is 0 Å². The van der Waals surface area contributed by atoms with Crippen LogP contribution in [0, 0.1) is 5.82 Å². The summed E-state index contributed by atoms with van der Waals surface area (Å²) in [6.07, 6.45) is 1.51. The second kappa shape index (κ2) is 9.27. The molecule has 2 N–H and O–H groups in total. The number of carbonyl (C=O) groups is 1. The number of hydrogen-bond acceptors (Lipinski definition) is 5. The molecule has 7 heteroatoms. The summed E-state index contributed by atoms with van der Waals surface area (Å²) < 4.78 is 18.8. The molecule has 1 amide bonds. The van der Waals surface area contributed by atoms with Crippen molar-refractivity contribution in [1.29, 1.82) is 0 Å². The first-order chi connectivity index (χ1) is 13.7. The van der Waals surface area contributed by atoms with Gasteiger partial charge in [-0.2, -0.15) is 0 Å². The van der Waals surface area contributed by atoms with E-state index in [9.17, 15) is 9.18 Å². The second-order valence-corrected chi connectivity index (χ2v) is 5.91. The van der Waals surface area contributed by atoms with Gasteiger partial charge < -0.3 is 15.3 Å². The molecule has 0 aliphatic heterocycles. The third-order valence-corrected chi connectivity index (χ3v) is 3.89. The highest BCUT2D eigenvalue weighted by Crippen LogP contribution is 2.15. The molecule has 28 heavy (non-hydrogen) atoms. The topological polar surface area (TPSA) is 83.8 Å². The number of pyridine rings is 1.